The lowest BCUT2D eigenvalue weighted by Gasteiger charge is -2.10. The van der Waals surface area contributed by atoms with Crippen LogP contribution >= 0.6 is 0 Å². The summed E-state index contributed by atoms with van der Waals surface area (Å²) in [5.74, 6) is -0.323. The van der Waals surface area contributed by atoms with Crippen LogP contribution in [0.25, 0.3) is 0 Å². The van der Waals surface area contributed by atoms with Crippen LogP contribution in [0.1, 0.15) is 41.0 Å². The molecule has 1 aromatic heterocycles. The number of hydrogen-bond acceptors (Lipinski definition) is 6. The first-order chi connectivity index (χ1) is 8.27. The van der Waals surface area contributed by atoms with Crippen LogP contribution in [0.15, 0.2) is 6.20 Å². The minimum atomic E-state index is -3.26. The zero-order valence-electron chi connectivity index (χ0n) is 10.8. The van der Waals surface area contributed by atoms with E-state index in [1.54, 1.807) is 13.8 Å². The quantitative estimate of drug-likeness (QED) is 0.762. The number of carbonyl (C=O) groups is 1. The third-order valence-corrected chi connectivity index (χ3v) is 3.99. The van der Waals surface area contributed by atoms with Crippen molar-refractivity contribution in [1.29, 1.82) is 0 Å². The first-order valence-corrected chi connectivity index (χ1v) is 7.42. The molecule has 1 aromatic rings. The monoisotopic (exact) mass is 272 g/mol. The largest absolute Gasteiger partial charge is 0.462 e. The summed E-state index contributed by atoms with van der Waals surface area (Å²) in [6, 6.07) is 0. The maximum absolute atomic E-state index is 11.5. The number of aromatic nitrogens is 2. The van der Waals surface area contributed by atoms with Gasteiger partial charge >= 0.3 is 5.97 Å². The first-order valence-electron chi connectivity index (χ1n) is 5.47. The van der Waals surface area contributed by atoms with Crippen molar-refractivity contribution in [2.45, 2.75) is 26.0 Å². The van der Waals surface area contributed by atoms with Gasteiger partial charge in [0.2, 0.25) is 0 Å². The maximum Gasteiger partial charge on any atom is 0.341 e. The zero-order chi connectivity index (χ0) is 13.9. The van der Waals surface area contributed by atoms with E-state index in [9.17, 15) is 13.2 Å². The summed E-state index contributed by atoms with van der Waals surface area (Å²) in [6.45, 7) is 5.09. The molecule has 18 heavy (non-hydrogen) atoms. The molecule has 0 aliphatic carbocycles. The Balaban J connectivity index is 3.10. The molecule has 0 bridgehead atoms. The lowest BCUT2D eigenvalue weighted by atomic mass is 10.2. The van der Waals surface area contributed by atoms with E-state index in [0.717, 1.165) is 6.26 Å². The van der Waals surface area contributed by atoms with Crippen LogP contribution in [0.3, 0.4) is 0 Å². The molecule has 0 spiro atoms. The highest BCUT2D eigenvalue weighted by Gasteiger charge is 2.22. The van der Waals surface area contributed by atoms with Crippen molar-refractivity contribution in [3.05, 3.63) is 23.3 Å². The molecule has 1 rings (SSSR count). The van der Waals surface area contributed by atoms with Crippen LogP contribution in [0.5, 0.6) is 0 Å². The van der Waals surface area contributed by atoms with Crippen LogP contribution in [0, 0.1) is 6.92 Å². The van der Waals surface area contributed by atoms with Gasteiger partial charge in [-0.15, -0.1) is 0 Å². The second kappa shape index (κ2) is 5.43. The topological polar surface area (TPSA) is 86.2 Å². The number of carbonyl (C=O) groups excluding carboxylic acids is 1. The molecule has 0 fully saturated rings. The van der Waals surface area contributed by atoms with Crippen LogP contribution in [-0.2, 0) is 14.6 Å². The number of rotatable bonds is 4. The van der Waals surface area contributed by atoms with E-state index in [4.69, 9.17) is 4.74 Å². The number of nitrogens with zero attached hydrogens (tertiary/aromatic N) is 2. The van der Waals surface area contributed by atoms with Crippen LogP contribution < -0.4 is 0 Å². The Morgan fingerprint density at radius 3 is 2.56 bits per heavy atom. The SMILES string of the molecule is CCOC(=O)c1cnc(C(C)S(C)(=O)=O)nc1C. The molecule has 6 nitrogen and oxygen atoms in total. The molecule has 1 atom stereocenters. The average molecular weight is 272 g/mol. The first kappa shape index (κ1) is 14.6. The number of aryl methyl sites for hydroxylation is 1. The van der Waals surface area contributed by atoms with Crippen LogP contribution in [-0.4, -0.2) is 37.2 Å². The minimum absolute atomic E-state index is 0.183. The molecule has 0 N–H and O–H groups in total. The molecule has 0 saturated carbocycles. The Morgan fingerprint density at radius 2 is 2.11 bits per heavy atom. The van der Waals surface area contributed by atoms with Crippen molar-refractivity contribution < 1.29 is 17.9 Å². The Kier molecular flexibility index (Phi) is 4.39. The van der Waals surface area contributed by atoms with Crippen molar-refractivity contribution in [1.82, 2.24) is 9.97 Å². The number of ether oxygens (including phenoxy) is 1. The average Bonchev–Trinajstić information content (AvgIpc) is 2.26. The fraction of sp³-hybridized carbons (Fsp3) is 0.545. The second-order valence-corrected chi connectivity index (χ2v) is 6.29. The normalized spacial score (nSPS) is 13.1. The van der Waals surface area contributed by atoms with E-state index in [2.05, 4.69) is 9.97 Å². The summed E-state index contributed by atoms with van der Waals surface area (Å²) in [6.07, 6.45) is 2.42. The van der Waals surface area contributed by atoms with Gasteiger partial charge in [0.25, 0.3) is 0 Å². The zero-order valence-corrected chi connectivity index (χ0v) is 11.6. The molecule has 0 aromatic carbocycles. The predicted molar refractivity (Wildman–Crippen MR) is 66.0 cm³/mol. The molecule has 7 heteroatoms. The predicted octanol–water partition coefficient (Wildman–Crippen LogP) is 1.07. The summed E-state index contributed by atoms with van der Waals surface area (Å²) in [5.41, 5.74) is 0.662. The third kappa shape index (κ3) is 3.25. The molecule has 0 amide bonds. The molecule has 1 unspecified atom stereocenters. The Labute approximate surface area is 106 Å². The van der Waals surface area contributed by atoms with Gasteiger partial charge < -0.3 is 4.74 Å². The van der Waals surface area contributed by atoms with Crippen molar-refractivity contribution in [2.24, 2.45) is 0 Å². The summed E-state index contributed by atoms with van der Waals surface area (Å²) in [5, 5.41) is -0.799. The second-order valence-electron chi connectivity index (χ2n) is 3.92. The fourth-order valence-electron chi connectivity index (χ4n) is 1.28. The molecule has 0 saturated heterocycles. The summed E-state index contributed by atoms with van der Waals surface area (Å²) in [7, 11) is -3.26. The van der Waals surface area contributed by atoms with E-state index in [1.165, 1.54) is 13.1 Å². The number of hydrogen-bond donors (Lipinski definition) is 0. The highest BCUT2D eigenvalue weighted by molar-refractivity contribution is 7.90. The molecule has 0 aliphatic heterocycles. The Bertz CT molecular complexity index is 554. The smallest absolute Gasteiger partial charge is 0.341 e. The van der Waals surface area contributed by atoms with Gasteiger partial charge in [-0.2, -0.15) is 0 Å². The van der Waals surface area contributed by atoms with E-state index in [0.29, 0.717) is 5.69 Å². The lowest BCUT2D eigenvalue weighted by molar-refractivity contribution is 0.0524. The van der Waals surface area contributed by atoms with Gasteiger partial charge in [-0.05, 0) is 20.8 Å². The molecule has 0 radical (unpaired) electrons. The lowest BCUT2D eigenvalue weighted by Crippen LogP contribution is -2.15. The van der Waals surface area contributed by atoms with Crippen LogP contribution in [0.2, 0.25) is 0 Å². The van der Waals surface area contributed by atoms with E-state index in [1.807, 2.05) is 0 Å². The van der Waals surface area contributed by atoms with Gasteiger partial charge in [0.1, 0.15) is 11.1 Å². The van der Waals surface area contributed by atoms with Crippen molar-refractivity contribution in [2.75, 3.05) is 12.9 Å². The summed E-state index contributed by atoms with van der Waals surface area (Å²) < 4.78 is 27.6. The fourth-order valence-corrected chi connectivity index (χ4v) is 1.78. The highest BCUT2D eigenvalue weighted by atomic mass is 32.2. The Morgan fingerprint density at radius 1 is 1.50 bits per heavy atom. The number of sulfone groups is 1. The van der Waals surface area contributed by atoms with Gasteiger partial charge in [0, 0.05) is 12.5 Å². The minimum Gasteiger partial charge on any atom is -0.462 e. The van der Waals surface area contributed by atoms with Gasteiger partial charge in [-0.3, -0.25) is 0 Å². The number of esters is 1. The highest BCUT2D eigenvalue weighted by Crippen LogP contribution is 2.18. The maximum atomic E-state index is 11.5. The van der Waals surface area contributed by atoms with Gasteiger partial charge in [0.05, 0.1) is 17.9 Å². The molecular weight excluding hydrogens is 256 g/mol. The van der Waals surface area contributed by atoms with Gasteiger partial charge in [0.15, 0.2) is 9.84 Å². The molecule has 1 heterocycles. The third-order valence-electron chi connectivity index (χ3n) is 2.50. The Hall–Kier alpha value is -1.50. The van der Waals surface area contributed by atoms with Crippen molar-refractivity contribution in [3.8, 4) is 0 Å². The molecular formula is C11H16N2O4S. The molecule has 0 aliphatic rings. The van der Waals surface area contributed by atoms with Crippen molar-refractivity contribution in [3.63, 3.8) is 0 Å². The van der Waals surface area contributed by atoms with Gasteiger partial charge in [-0.1, -0.05) is 0 Å². The van der Waals surface area contributed by atoms with E-state index < -0.39 is 21.1 Å². The molecule has 100 valence electrons. The summed E-state index contributed by atoms with van der Waals surface area (Å²) in [4.78, 5) is 19.5. The van der Waals surface area contributed by atoms with Crippen LogP contribution in [0.4, 0.5) is 0 Å². The van der Waals surface area contributed by atoms with Gasteiger partial charge in [-0.25, -0.2) is 23.2 Å². The summed E-state index contributed by atoms with van der Waals surface area (Å²) >= 11 is 0. The van der Waals surface area contributed by atoms with Crippen molar-refractivity contribution >= 4 is 15.8 Å². The van der Waals surface area contributed by atoms with E-state index in [-0.39, 0.29) is 18.0 Å². The standard InChI is InChI=1S/C11H16N2O4S/c1-5-17-11(14)9-6-12-10(13-7(9)2)8(3)18(4,15)16/h6,8H,5H2,1-4H3. The van der Waals surface area contributed by atoms with E-state index >= 15 is 0 Å².